The molecule has 0 aliphatic carbocycles. The van der Waals surface area contributed by atoms with Crippen molar-refractivity contribution < 1.29 is 14.3 Å². The Bertz CT molecular complexity index is 419. The van der Waals surface area contributed by atoms with Gasteiger partial charge in [0, 0.05) is 13.1 Å². The van der Waals surface area contributed by atoms with E-state index in [1.54, 1.807) is 12.1 Å². The van der Waals surface area contributed by atoms with E-state index in [4.69, 9.17) is 0 Å². The number of hydrogen-bond donors (Lipinski definition) is 1. The van der Waals surface area contributed by atoms with Gasteiger partial charge in [0.1, 0.15) is 5.82 Å². The summed E-state index contributed by atoms with van der Waals surface area (Å²) in [6.45, 7) is 2.48. The van der Waals surface area contributed by atoms with Crippen LogP contribution in [-0.4, -0.2) is 30.1 Å². The highest BCUT2D eigenvalue weighted by atomic mass is 19.1. The summed E-state index contributed by atoms with van der Waals surface area (Å²) in [5.74, 6) is -0.777. The molecule has 1 heterocycles. The van der Waals surface area contributed by atoms with Crippen LogP contribution in [0.5, 0.6) is 0 Å². The third-order valence-electron chi connectivity index (χ3n) is 2.85. The van der Waals surface area contributed by atoms with E-state index in [0.29, 0.717) is 25.2 Å². The van der Waals surface area contributed by atoms with Gasteiger partial charge in [-0.2, -0.15) is 0 Å². The van der Waals surface area contributed by atoms with Gasteiger partial charge in [-0.05, 0) is 25.5 Å². The zero-order valence-electron chi connectivity index (χ0n) is 9.11. The lowest BCUT2D eigenvalue weighted by Gasteiger charge is -2.20. The summed E-state index contributed by atoms with van der Waals surface area (Å²) in [5, 5.41) is 9.44. The summed E-state index contributed by atoms with van der Waals surface area (Å²) in [4.78, 5) is 13.2. The molecule has 3 nitrogen and oxygen atoms in total. The third-order valence-corrected chi connectivity index (χ3v) is 2.85. The number of Topliss-reactive ketones (excluding diaryl/α,β-unsaturated/α-hetero) is 1. The number of nitrogens with zero attached hydrogens (tertiary/aromatic N) is 1. The number of anilines is 1. The molecule has 1 N–H and O–H groups in total. The van der Waals surface area contributed by atoms with Crippen LogP contribution in [0.25, 0.3) is 0 Å². The van der Waals surface area contributed by atoms with E-state index in [2.05, 4.69) is 0 Å². The predicted molar refractivity (Wildman–Crippen MR) is 59.2 cm³/mol. The highest BCUT2D eigenvalue weighted by Crippen LogP contribution is 2.27. The van der Waals surface area contributed by atoms with Gasteiger partial charge >= 0.3 is 0 Å². The molecule has 0 saturated carbocycles. The number of ketones is 1. The van der Waals surface area contributed by atoms with E-state index in [-0.39, 0.29) is 17.5 Å². The fraction of sp³-hybridized carbons (Fsp3) is 0.417. The Balaban J connectivity index is 2.40. The largest absolute Gasteiger partial charge is 0.391 e. The molecule has 1 unspecified atom stereocenters. The van der Waals surface area contributed by atoms with Crippen LogP contribution in [0.15, 0.2) is 18.2 Å². The van der Waals surface area contributed by atoms with Crippen LogP contribution in [0.3, 0.4) is 0 Å². The molecular weight excluding hydrogens is 209 g/mol. The van der Waals surface area contributed by atoms with Crippen LogP contribution in [0.2, 0.25) is 0 Å². The predicted octanol–water partition coefficient (Wildman–Crippen LogP) is 1.60. The Labute approximate surface area is 93.5 Å². The zero-order valence-corrected chi connectivity index (χ0v) is 9.11. The molecule has 4 heteroatoms. The topological polar surface area (TPSA) is 40.5 Å². The van der Waals surface area contributed by atoms with Gasteiger partial charge in [-0.25, -0.2) is 4.39 Å². The monoisotopic (exact) mass is 223 g/mol. The number of carbonyl (C=O) groups is 1. The van der Waals surface area contributed by atoms with E-state index in [1.807, 2.05) is 4.90 Å². The second kappa shape index (κ2) is 4.22. The maximum atomic E-state index is 13.5. The highest BCUT2D eigenvalue weighted by molar-refractivity contribution is 6.00. The van der Waals surface area contributed by atoms with Crippen LogP contribution in [-0.2, 0) is 0 Å². The van der Waals surface area contributed by atoms with Crippen molar-refractivity contribution in [3.63, 3.8) is 0 Å². The molecule has 1 aliphatic heterocycles. The van der Waals surface area contributed by atoms with Crippen molar-refractivity contribution in [1.29, 1.82) is 0 Å². The Morgan fingerprint density at radius 2 is 2.31 bits per heavy atom. The number of hydrogen-bond acceptors (Lipinski definition) is 3. The van der Waals surface area contributed by atoms with Crippen molar-refractivity contribution in [3.8, 4) is 0 Å². The van der Waals surface area contributed by atoms with Crippen molar-refractivity contribution >= 4 is 11.5 Å². The highest BCUT2D eigenvalue weighted by Gasteiger charge is 2.24. The van der Waals surface area contributed by atoms with Crippen LogP contribution in [0, 0.1) is 5.82 Å². The van der Waals surface area contributed by atoms with Crippen molar-refractivity contribution in [2.75, 3.05) is 18.0 Å². The summed E-state index contributed by atoms with van der Waals surface area (Å²) in [7, 11) is 0. The average Bonchev–Trinajstić information content (AvgIpc) is 2.63. The van der Waals surface area contributed by atoms with Crippen LogP contribution in [0.4, 0.5) is 10.1 Å². The number of benzene rings is 1. The van der Waals surface area contributed by atoms with Gasteiger partial charge in [-0.3, -0.25) is 4.79 Å². The molecule has 0 radical (unpaired) electrons. The summed E-state index contributed by atoms with van der Waals surface area (Å²) >= 11 is 0. The van der Waals surface area contributed by atoms with Crippen molar-refractivity contribution in [2.24, 2.45) is 0 Å². The molecular formula is C12H14FNO2. The first-order valence-corrected chi connectivity index (χ1v) is 5.32. The molecule has 1 fully saturated rings. The smallest absolute Gasteiger partial charge is 0.164 e. The molecule has 0 amide bonds. The first-order valence-electron chi connectivity index (χ1n) is 5.32. The maximum Gasteiger partial charge on any atom is 0.164 e. The van der Waals surface area contributed by atoms with Gasteiger partial charge in [-0.15, -0.1) is 0 Å². The summed E-state index contributed by atoms with van der Waals surface area (Å²) in [6.07, 6.45) is 0.275. The molecule has 0 spiro atoms. The number of aliphatic hydroxyl groups excluding tert-OH is 1. The Morgan fingerprint density at radius 1 is 1.56 bits per heavy atom. The minimum atomic E-state index is -0.494. The lowest BCUT2D eigenvalue weighted by atomic mass is 10.1. The molecule has 16 heavy (non-hydrogen) atoms. The van der Waals surface area contributed by atoms with Crippen LogP contribution >= 0.6 is 0 Å². The minimum absolute atomic E-state index is 0.122. The minimum Gasteiger partial charge on any atom is -0.391 e. The first kappa shape index (κ1) is 11.1. The van der Waals surface area contributed by atoms with Crippen LogP contribution < -0.4 is 4.90 Å². The third kappa shape index (κ3) is 1.93. The molecule has 0 aromatic heterocycles. The summed E-state index contributed by atoms with van der Waals surface area (Å²) in [5.41, 5.74) is 0.709. The molecule has 1 aliphatic rings. The molecule has 0 bridgehead atoms. The summed E-state index contributed by atoms with van der Waals surface area (Å²) in [6, 6.07) is 4.59. The number of carbonyl (C=O) groups excluding carboxylic acids is 1. The second-order valence-corrected chi connectivity index (χ2v) is 4.08. The van der Waals surface area contributed by atoms with Crippen molar-refractivity contribution in [2.45, 2.75) is 19.4 Å². The first-order chi connectivity index (χ1) is 7.59. The molecule has 1 aromatic rings. The van der Waals surface area contributed by atoms with Gasteiger partial charge in [0.25, 0.3) is 0 Å². The average molecular weight is 223 g/mol. The summed E-state index contributed by atoms with van der Waals surface area (Å²) < 4.78 is 13.5. The Hall–Kier alpha value is -1.42. The van der Waals surface area contributed by atoms with Crippen LogP contribution in [0.1, 0.15) is 23.7 Å². The second-order valence-electron chi connectivity index (χ2n) is 4.08. The number of halogens is 1. The van der Waals surface area contributed by atoms with E-state index in [1.165, 1.54) is 13.0 Å². The number of β-amino-alcohol motifs (C(OH)–C–C–N with tert-alkyl or cyclic N) is 1. The van der Waals surface area contributed by atoms with Gasteiger partial charge in [0.2, 0.25) is 0 Å². The fourth-order valence-corrected chi connectivity index (χ4v) is 2.09. The van der Waals surface area contributed by atoms with E-state index < -0.39 is 5.82 Å². The maximum absolute atomic E-state index is 13.5. The van der Waals surface area contributed by atoms with E-state index in [0.717, 1.165) is 0 Å². The molecule has 2 rings (SSSR count). The normalized spacial score (nSPS) is 20.2. The number of rotatable bonds is 2. The standard InChI is InChI=1S/C12H14FNO2/c1-8(15)12-10(13)3-2-4-11(12)14-6-5-9(16)7-14/h2-4,9,16H,5-7H2,1H3. The van der Waals surface area contributed by atoms with Crippen molar-refractivity contribution in [3.05, 3.63) is 29.6 Å². The molecule has 1 aromatic carbocycles. The zero-order chi connectivity index (χ0) is 11.7. The van der Waals surface area contributed by atoms with E-state index >= 15 is 0 Å². The lowest BCUT2D eigenvalue weighted by molar-refractivity contribution is 0.101. The Kier molecular flexibility index (Phi) is 2.92. The van der Waals surface area contributed by atoms with Gasteiger partial charge < -0.3 is 10.0 Å². The molecule has 86 valence electrons. The quantitative estimate of drug-likeness (QED) is 0.774. The molecule has 1 saturated heterocycles. The van der Waals surface area contributed by atoms with Crippen molar-refractivity contribution in [1.82, 2.24) is 0 Å². The van der Waals surface area contributed by atoms with Gasteiger partial charge in [0.15, 0.2) is 5.78 Å². The van der Waals surface area contributed by atoms with Gasteiger partial charge in [-0.1, -0.05) is 6.07 Å². The number of aliphatic hydroxyl groups is 1. The van der Waals surface area contributed by atoms with E-state index in [9.17, 15) is 14.3 Å². The van der Waals surface area contributed by atoms with Gasteiger partial charge in [0.05, 0.1) is 17.4 Å². The lowest BCUT2D eigenvalue weighted by Crippen LogP contribution is -2.23. The Morgan fingerprint density at radius 3 is 2.88 bits per heavy atom. The molecule has 1 atom stereocenters. The fourth-order valence-electron chi connectivity index (χ4n) is 2.09. The SMILES string of the molecule is CC(=O)c1c(F)cccc1N1CCC(O)C1.